The van der Waals surface area contributed by atoms with Crippen molar-refractivity contribution in [1.29, 1.82) is 0 Å². The largest absolute Gasteiger partial charge is 0.497 e. The molecule has 0 saturated heterocycles. The second-order valence-corrected chi connectivity index (χ2v) is 4.90. The molecule has 0 fully saturated rings. The van der Waals surface area contributed by atoms with E-state index >= 15 is 0 Å². The number of rotatable bonds is 4. The Labute approximate surface area is 125 Å². The van der Waals surface area contributed by atoms with E-state index in [0.29, 0.717) is 0 Å². The molecule has 104 valence electrons. The minimum Gasteiger partial charge on any atom is -0.497 e. The van der Waals surface area contributed by atoms with Crippen molar-refractivity contribution >= 4 is 17.5 Å². The molecule has 1 aliphatic rings. The van der Waals surface area contributed by atoms with E-state index in [9.17, 15) is 0 Å². The lowest BCUT2D eigenvalue weighted by atomic mass is 10.1. The first kappa shape index (κ1) is 13.4. The smallest absolute Gasteiger partial charge is 0.118 e. The van der Waals surface area contributed by atoms with Crippen LogP contribution in [0.5, 0.6) is 5.75 Å². The highest BCUT2D eigenvalue weighted by Gasteiger charge is 2.02. The van der Waals surface area contributed by atoms with Crippen LogP contribution in [0.2, 0.25) is 0 Å². The summed E-state index contributed by atoms with van der Waals surface area (Å²) in [4.78, 5) is 4.50. The third kappa shape index (κ3) is 3.29. The summed E-state index contributed by atoms with van der Waals surface area (Å²) >= 11 is 0. The van der Waals surface area contributed by atoms with E-state index in [0.717, 1.165) is 23.4 Å². The summed E-state index contributed by atoms with van der Waals surface area (Å²) in [5.74, 6) is 0.856. The van der Waals surface area contributed by atoms with Gasteiger partial charge in [0.1, 0.15) is 5.75 Å². The molecule has 0 aromatic heterocycles. The van der Waals surface area contributed by atoms with Crippen molar-refractivity contribution in [3.63, 3.8) is 0 Å². The molecule has 0 N–H and O–H groups in total. The van der Waals surface area contributed by atoms with Gasteiger partial charge in [-0.1, -0.05) is 30.4 Å². The molecule has 3 rings (SSSR count). The van der Waals surface area contributed by atoms with Crippen LogP contribution in [0.4, 0.5) is 5.69 Å². The van der Waals surface area contributed by atoms with Crippen molar-refractivity contribution in [2.24, 2.45) is 4.99 Å². The molecule has 2 aromatic carbocycles. The van der Waals surface area contributed by atoms with E-state index in [2.05, 4.69) is 47.5 Å². The summed E-state index contributed by atoms with van der Waals surface area (Å²) in [6.45, 7) is 0. The van der Waals surface area contributed by atoms with E-state index in [1.54, 1.807) is 7.11 Å². The van der Waals surface area contributed by atoms with Gasteiger partial charge in [0.25, 0.3) is 0 Å². The quantitative estimate of drug-likeness (QED) is 0.735. The zero-order chi connectivity index (χ0) is 14.5. The number of benzene rings is 2. The maximum atomic E-state index is 5.14. The number of nitrogens with zero attached hydrogens (tertiary/aromatic N) is 1. The summed E-state index contributed by atoms with van der Waals surface area (Å²) in [6, 6.07) is 16.2. The molecule has 0 heterocycles. The Morgan fingerprint density at radius 1 is 1.00 bits per heavy atom. The summed E-state index contributed by atoms with van der Waals surface area (Å²) in [5.41, 5.74) is 4.65. The highest BCUT2D eigenvalue weighted by atomic mass is 16.5. The summed E-state index contributed by atoms with van der Waals surface area (Å²) < 4.78 is 5.14. The minimum absolute atomic E-state index is 0.856. The Bertz CT molecular complexity index is 691. The maximum Gasteiger partial charge on any atom is 0.118 e. The van der Waals surface area contributed by atoms with Gasteiger partial charge in [0.05, 0.1) is 12.8 Å². The fraction of sp³-hybridized carbons (Fsp3) is 0.105. The molecule has 0 bridgehead atoms. The molecule has 2 heteroatoms. The topological polar surface area (TPSA) is 21.6 Å². The van der Waals surface area contributed by atoms with E-state index in [-0.39, 0.29) is 0 Å². The number of allylic oxidation sites excluding steroid dienone is 4. The van der Waals surface area contributed by atoms with Crippen molar-refractivity contribution in [2.75, 3.05) is 7.11 Å². The van der Waals surface area contributed by atoms with Crippen molar-refractivity contribution in [3.05, 3.63) is 77.9 Å². The van der Waals surface area contributed by atoms with Crippen LogP contribution in [0.25, 0.3) is 5.57 Å². The summed E-state index contributed by atoms with van der Waals surface area (Å²) in [6.07, 6.45) is 9.32. The first-order valence-electron chi connectivity index (χ1n) is 6.99. The standard InChI is InChI=1S/C19H17NO/c1-21-19-12-6-15(7-13-19)14-20-18-10-8-17(9-11-18)16-4-2-3-5-16/h2-4,6-14H,5H2,1H3. The molecular formula is C19H17NO. The average molecular weight is 275 g/mol. The Morgan fingerprint density at radius 2 is 1.76 bits per heavy atom. The van der Waals surface area contributed by atoms with Gasteiger partial charge in [0, 0.05) is 6.21 Å². The third-order valence-electron chi connectivity index (χ3n) is 3.49. The molecule has 0 amide bonds. The van der Waals surface area contributed by atoms with Crippen LogP contribution >= 0.6 is 0 Å². The second-order valence-electron chi connectivity index (χ2n) is 4.90. The van der Waals surface area contributed by atoms with Gasteiger partial charge in [-0.25, -0.2) is 0 Å². The lowest BCUT2D eigenvalue weighted by molar-refractivity contribution is 0.415. The van der Waals surface area contributed by atoms with Crippen molar-refractivity contribution < 1.29 is 4.74 Å². The summed E-state index contributed by atoms with van der Waals surface area (Å²) in [5, 5.41) is 0. The van der Waals surface area contributed by atoms with E-state index in [1.165, 1.54) is 11.1 Å². The molecule has 0 radical (unpaired) electrons. The van der Waals surface area contributed by atoms with Gasteiger partial charge in [0.2, 0.25) is 0 Å². The Morgan fingerprint density at radius 3 is 2.38 bits per heavy atom. The van der Waals surface area contributed by atoms with Crippen molar-refractivity contribution in [3.8, 4) is 5.75 Å². The molecule has 0 aliphatic heterocycles. The zero-order valence-electron chi connectivity index (χ0n) is 12.0. The van der Waals surface area contributed by atoms with Crippen molar-refractivity contribution in [2.45, 2.75) is 6.42 Å². The number of aliphatic imine (C=N–C) groups is 1. The van der Waals surface area contributed by atoms with Gasteiger partial charge in [-0.2, -0.15) is 0 Å². The normalized spacial score (nSPS) is 13.7. The minimum atomic E-state index is 0.856. The van der Waals surface area contributed by atoms with Gasteiger partial charge in [0.15, 0.2) is 0 Å². The van der Waals surface area contributed by atoms with Crippen LogP contribution in [0.15, 0.2) is 71.8 Å². The molecular weight excluding hydrogens is 258 g/mol. The van der Waals surface area contributed by atoms with Gasteiger partial charge in [-0.3, -0.25) is 4.99 Å². The molecule has 0 atom stereocenters. The fourth-order valence-electron chi connectivity index (χ4n) is 2.26. The van der Waals surface area contributed by atoms with Crippen LogP contribution < -0.4 is 4.74 Å². The Kier molecular flexibility index (Phi) is 3.97. The van der Waals surface area contributed by atoms with E-state index in [4.69, 9.17) is 4.74 Å². The maximum absolute atomic E-state index is 5.14. The first-order chi connectivity index (χ1) is 10.3. The first-order valence-corrected chi connectivity index (χ1v) is 6.99. The predicted octanol–water partition coefficient (Wildman–Crippen LogP) is 4.79. The fourth-order valence-corrected chi connectivity index (χ4v) is 2.26. The Balaban J connectivity index is 1.70. The highest BCUT2D eigenvalue weighted by Crippen LogP contribution is 2.25. The molecule has 1 aliphatic carbocycles. The van der Waals surface area contributed by atoms with Gasteiger partial charge in [-0.05, 0) is 59.5 Å². The van der Waals surface area contributed by atoms with E-state index < -0.39 is 0 Å². The van der Waals surface area contributed by atoms with Crippen LogP contribution in [0, 0.1) is 0 Å². The molecule has 0 unspecified atom stereocenters. The molecule has 2 nitrogen and oxygen atoms in total. The van der Waals surface area contributed by atoms with Crippen LogP contribution in [-0.4, -0.2) is 13.3 Å². The lowest BCUT2D eigenvalue weighted by Crippen LogP contribution is -1.84. The number of ether oxygens (including phenoxy) is 1. The monoisotopic (exact) mass is 275 g/mol. The third-order valence-corrected chi connectivity index (χ3v) is 3.49. The number of hydrogen-bond donors (Lipinski definition) is 0. The molecule has 0 spiro atoms. The summed E-state index contributed by atoms with van der Waals surface area (Å²) in [7, 11) is 1.67. The molecule has 21 heavy (non-hydrogen) atoms. The van der Waals surface area contributed by atoms with Crippen LogP contribution in [-0.2, 0) is 0 Å². The molecule has 0 saturated carbocycles. The van der Waals surface area contributed by atoms with Gasteiger partial charge < -0.3 is 4.74 Å². The average Bonchev–Trinajstić information content (AvgIpc) is 3.08. The number of hydrogen-bond acceptors (Lipinski definition) is 2. The lowest BCUT2D eigenvalue weighted by Gasteiger charge is -2.02. The second kappa shape index (κ2) is 6.23. The highest BCUT2D eigenvalue weighted by molar-refractivity contribution is 5.82. The SMILES string of the molecule is COc1ccc(C=Nc2ccc(C3=CC=CC3)cc2)cc1. The van der Waals surface area contributed by atoms with Crippen LogP contribution in [0.3, 0.4) is 0 Å². The van der Waals surface area contributed by atoms with Gasteiger partial charge in [-0.15, -0.1) is 0 Å². The number of methoxy groups -OCH3 is 1. The zero-order valence-corrected chi connectivity index (χ0v) is 12.0. The van der Waals surface area contributed by atoms with Crippen molar-refractivity contribution in [1.82, 2.24) is 0 Å². The van der Waals surface area contributed by atoms with Gasteiger partial charge >= 0.3 is 0 Å². The van der Waals surface area contributed by atoms with Crippen LogP contribution in [0.1, 0.15) is 17.5 Å². The Hall–Kier alpha value is -2.61. The van der Waals surface area contributed by atoms with E-state index in [1.807, 2.05) is 30.5 Å². The predicted molar refractivity (Wildman–Crippen MR) is 88.4 cm³/mol. The molecule has 2 aromatic rings.